The van der Waals surface area contributed by atoms with Crippen molar-refractivity contribution in [3.05, 3.63) is 29.8 Å². The van der Waals surface area contributed by atoms with Crippen LogP contribution in [-0.2, 0) is 4.79 Å². The number of aryl methyl sites for hydroxylation is 1. The molecular weight excluding hydrogens is 187 g/mol. The molecule has 0 aromatic heterocycles. The zero-order valence-electron chi connectivity index (χ0n) is 9.16. The summed E-state index contributed by atoms with van der Waals surface area (Å²) >= 11 is 0. The molecule has 0 spiro atoms. The molecule has 0 amide bonds. The summed E-state index contributed by atoms with van der Waals surface area (Å²) in [7, 11) is 0. The van der Waals surface area contributed by atoms with Gasteiger partial charge >= 0.3 is 18.9 Å². The average molecular weight is 200 g/mol. The molecule has 0 fully saturated rings. The molecule has 15 heavy (non-hydrogen) atoms. The minimum atomic E-state index is -1.03. The molecule has 0 heterocycles. The number of aliphatic carboxylic acids is 1. The van der Waals surface area contributed by atoms with E-state index in [4.69, 9.17) is 4.74 Å². The Bertz CT molecular complexity index is 295. The van der Waals surface area contributed by atoms with Crippen LogP contribution in [0.3, 0.4) is 0 Å². The normalized spacial score (nSPS) is 9.13. The molecule has 1 rings (SSSR count). The van der Waals surface area contributed by atoms with Crippen LogP contribution in [0.15, 0.2) is 24.3 Å². The minimum Gasteiger partial charge on any atom is -0.550 e. The van der Waals surface area contributed by atoms with Crippen LogP contribution in [0.1, 0.15) is 18.4 Å². The summed E-state index contributed by atoms with van der Waals surface area (Å²) in [5, 5.41) is 10.1. The van der Waals surface area contributed by atoms with Gasteiger partial charge in [0.15, 0.2) is 0 Å². The molecule has 0 aliphatic carbocycles. The number of carbonyl (C=O) groups is 1. The largest absolute Gasteiger partial charge is 1.00 e. The van der Waals surface area contributed by atoms with Gasteiger partial charge in [0.1, 0.15) is 5.75 Å². The van der Waals surface area contributed by atoms with Gasteiger partial charge in [-0.25, -0.2) is 0 Å². The van der Waals surface area contributed by atoms with Gasteiger partial charge in [-0.15, -0.1) is 0 Å². The standard InChI is InChI=1S/C11H14O3.Li/c1-9-4-6-10(7-5-9)14-8-2-3-11(12)13;/h4-7H,2-3,8H2,1H3,(H,12,13);/q;+1/p-1. The van der Waals surface area contributed by atoms with Crippen molar-refractivity contribution in [1.29, 1.82) is 0 Å². The van der Waals surface area contributed by atoms with Crippen LogP contribution in [0.5, 0.6) is 5.75 Å². The predicted molar refractivity (Wildman–Crippen MR) is 50.9 cm³/mol. The van der Waals surface area contributed by atoms with Crippen LogP contribution in [-0.4, -0.2) is 12.6 Å². The van der Waals surface area contributed by atoms with E-state index in [1.165, 1.54) is 5.56 Å². The Kier molecular flexibility index (Phi) is 6.94. The molecule has 3 nitrogen and oxygen atoms in total. The molecule has 0 unspecified atom stereocenters. The van der Waals surface area contributed by atoms with E-state index in [0.717, 1.165) is 5.75 Å². The minimum absolute atomic E-state index is 0. The Balaban J connectivity index is 0.00000196. The third kappa shape index (κ3) is 6.22. The van der Waals surface area contributed by atoms with Gasteiger partial charge in [-0.2, -0.15) is 0 Å². The van der Waals surface area contributed by atoms with Gasteiger partial charge in [-0.05, 0) is 31.9 Å². The van der Waals surface area contributed by atoms with E-state index >= 15 is 0 Å². The van der Waals surface area contributed by atoms with Gasteiger partial charge in [-0.3, -0.25) is 0 Å². The van der Waals surface area contributed by atoms with Gasteiger partial charge < -0.3 is 14.6 Å². The van der Waals surface area contributed by atoms with Crippen LogP contribution in [0.25, 0.3) is 0 Å². The van der Waals surface area contributed by atoms with Crippen LogP contribution in [0.2, 0.25) is 0 Å². The smallest absolute Gasteiger partial charge is 0.550 e. The van der Waals surface area contributed by atoms with Crippen LogP contribution in [0, 0.1) is 6.92 Å². The summed E-state index contributed by atoms with van der Waals surface area (Å²) < 4.78 is 5.32. The van der Waals surface area contributed by atoms with Crippen molar-refractivity contribution in [3.63, 3.8) is 0 Å². The van der Waals surface area contributed by atoms with Gasteiger partial charge in [0, 0.05) is 5.97 Å². The molecule has 0 saturated carbocycles. The third-order valence-electron chi connectivity index (χ3n) is 1.81. The van der Waals surface area contributed by atoms with E-state index in [1.807, 2.05) is 31.2 Å². The van der Waals surface area contributed by atoms with Crippen molar-refractivity contribution in [3.8, 4) is 5.75 Å². The summed E-state index contributed by atoms with van der Waals surface area (Å²) in [6.07, 6.45) is 0.530. The van der Waals surface area contributed by atoms with Crippen molar-refractivity contribution < 1.29 is 33.5 Å². The molecule has 0 saturated heterocycles. The topological polar surface area (TPSA) is 49.4 Å². The van der Waals surface area contributed by atoms with Crippen LogP contribution >= 0.6 is 0 Å². The average Bonchev–Trinajstić information content (AvgIpc) is 2.15. The van der Waals surface area contributed by atoms with Gasteiger partial charge in [0.2, 0.25) is 0 Å². The first-order valence-electron chi connectivity index (χ1n) is 4.58. The zero-order chi connectivity index (χ0) is 10.4. The number of hydrogen-bond acceptors (Lipinski definition) is 3. The Morgan fingerprint density at radius 3 is 2.47 bits per heavy atom. The van der Waals surface area contributed by atoms with Gasteiger partial charge in [-0.1, -0.05) is 17.7 Å². The first-order valence-corrected chi connectivity index (χ1v) is 4.58. The fraction of sp³-hybridized carbons (Fsp3) is 0.364. The maximum atomic E-state index is 10.1. The van der Waals surface area contributed by atoms with Gasteiger partial charge in [0.25, 0.3) is 0 Å². The molecular formula is C11H13LiO3. The molecule has 0 bridgehead atoms. The second kappa shape index (κ2) is 7.39. The summed E-state index contributed by atoms with van der Waals surface area (Å²) in [6, 6.07) is 7.64. The SMILES string of the molecule is Cc1ccc(OCCCC(=O)[O-])cc1.[Li+]. The second-order valence-corrected chi connectivity index (χ2v) is 3.14. The predicted octanol–water partition coefficient (Wildman–Crippen LogP) is -2.09. The molecule has 1 aromatic rings. The number of benzene rings is 1. The molecule has 0 radical (unpaired) electrons. The zero-order valence-corrected chi connectivity index (χ0v) is 9.16. The summed E-state index contributed by atoms with van der Waals surface area (Å²) in [5.74, 6) is -0.258. The number of carboxylic acids is 1. The van der Waals surface area contributed by atoms with E-state index in [-0.39, 0.29) is 25.3 Å². The van der Waals surface area contributed by atoms with E-state index in [1.54, 1.807) is 0 Å². The maximum absolute atomic E-state index is 10.1. The van der Waals surface area contributed by atoms with Crippen molar-refractivity contribution >= 4 is 5.97 Å². The molecule has 0 atom stereocenters. The maximum Gasteiger partial charge on any atom is 1.00 e. The molecule has 0 aliphatic rings. The van der Waals surface area contributed by atoms with Crippen LogP contribution in [0.4, 0.5) is 0 Å². The van der Waals surface area contributed by atoms with E-state index in [2.05, 4.69) is 0 Å². The number of carboxylic acid groups (broad SMARTS) is 1. The fourth-order valence-electron chi connectivity index (χ4n) is 1.04. The Hall–Kier alpha value is -0.913. The van der Waals surface area contributed by atoms with E-state index < -0.39 is 5.97 Å². The van der Waals surface area contributed by atoms with Crippen molar-refractivity contribution in [2.75, 3.05) is 6.61 Å². The van der Waals surface area contributed by atoms with Crippen molar-refractivity contribution in [2.24, 2.45) is 0 Å². The van der Waals surface area contributed by atoms with E-state index in [9.17, 15) is 9.90 Å². The summed E-state index contributed by atoms with van der Waals surface area (Å²) in [4.78, 5) is 10.1. The molecule has 1 aromatic carbocycles. The Morgan fingerprint density at radius 1 is 1.33 bits per heavy atom. The van der Waals surface area contributed by atoms with Crippen molar-refractivity contribution in [1.82, 2.24) is 0 Å². The molecule has 0 aliphatic heterocycles. The van der Waals surface area contributed by atoms with E-state index in [0.29, 0.717) is 13.0 Å². The summed E-state index contributed by atoms with van der Waals surface area (Å²) in [5.41, 5.74) is 1.17. The number of carbonyl (C=O) groups excluding carboxylic acids is 1. The monoisotopic (exact) mass is 200 g/mol. The first kappa shape index (κ1) is 14.1. The number of rotatable bonds is 5. The summed E-state index contributed by atoms with van der Waals surface area (Å²) in [6.45, 7) is 2.41. The molecule has 0 N–H and O–H groups in total. The third-order valence-corrected chi connectivity index (χ3v) is 1.81. The fourth-order valence-corrected chi connectivity index (χ4v) is 1.04. The van der Waals surface area contributed by atoms with Gasteiger partial charge in [0.05, 0.1) is 6.61 Å². The van der Waals surface area contributed by atoms with Crippen molar-refractivity contribution in [2.45, 2.75) is 19.8 Å². The Labute approximate surface area is 102 Å². The quantitative estimate of drug-likeness (QED) is 0.404. The second-order valence-electron chi connectivity index (χ2n) is 3.14. The molecule has 76 valence electrons. The number of ether oxygens (including phenoxy) is 1. The number of hydrogen-bond donors (Lipinski definition) is 0. The first-order chi connectivity index (χ1) is 6.68. The van der Waals surface area contributed by atoms with Crippen LogP contribution < -0.4 is 28.7 Å². The Morgan fingerprint density at radius 2 is 1.93 bits per heavy atom. The molecule has 4 heteroatoms.